The summed E-state index contributed by atoms with van der Waals surface area (Å²) in [5.74, 6) is 0.182. The first-order valence-electron chi connectivity index (χ1n) is 7.61. The molecule has 0 spiro atoms. The van der Waals surface area contributed by atoms with Gasteiger partial charge in [-0.1, -0.05) is 30.3 Å². The Labute approximate surface area is 134 Å². The molecule has 0 unspecified atom stereocenters. The number of hydrogen-bond donors (Lipinski definition) is 1. The van der Waals surface area contributed by atoms with E-state index >= 15 is 0 Å². The van der Waals surface area contributed by atoms with Gasteiger partial charge in [-0.25, -0.2) is 0 Å². The molecule has 5 nitrogen and oxygen atoms in total. The van der Waals surface area contributed by atoms with Crippen molar-refractivity contribution in [2.24, 2.45) is 5.92 Å². The van der Waals surface area contributed by atoms with Crippen molar-refractivity contribution in [3.63, 3.8) is 0 Å². The Morgan fingerprint density at radius 3 is 2.74 bits per heavy atom. The van der Waals surface area contributed by atoms with E-state index in [0.717, 1.165) is 22.1 Å². The van der Waals surface area contributed by atoms with Crippen molar-refractivity contribution in [3.8, 4) is 5.75 Å². The minimum absolute atomic E-state index is 0.122. The van der Waals surface area contributed by atoms with Crippen LogP contribution in [0, 0.1) is 5.92 Å². The lowest BCUT2D eigenvalue weighted by Gasteiger charge is -2.34. The van der Waals surface area contributed by atoms with Gasteiger partial charge >= 0.3 is 5.97 Å². The molecule has 1 amide bonds. The molecule has 2 aromatic carbocycles. The Morgan fingerprint density at radius 2 is 2.00 bits per heavy atom. The number of fused-ring (bicyclic) bond motifs is 3. The molecule has 1 aliphatic rings. The molecule has 0 radical (unpaired) electrons. The average Bonchev–Trinajstić information content (AvgIpc) is 2.53. The summed E-state index contributed by atoms with van der Waals surface area (Å²) in [4.78, 5) is 22.8. The Hall–Kier alpha value is -2.56. The second-order valence-electron chi connectivity index (χ2n) is 5.75. The highest BCUT2D eigenvalue weighted by Gasteiger charge is 2.33. The van der Waals surface area contributed by atoms with Gasteiger partial charge in [0.2, 0.25) is 5.91 Å². The summed E-state index contributed by atoms with van der Waals surface area (Å²) in [7, 11) is 0. The fourth-order valence-corrected chi connectivity index (χ4v) is 3.03. The molecule has 1 N–H and O–H groups in total. The van der Waals surface area contributed by atoms with Crippen molar-refractivity contribution in [2.75, 3.05) is 13.2 Å². The maximum atomic E-state index is 11.7. The largest absolute Gasteiger partial charge is 0.493 e. The van der Waals surface area contributed by atoms with Crippen molar-refractivity contribution in [1.29, 1.82) is 0 Å². The number of nitrogens with one attached hydrogen (secondary N) is 1. The van der Waals surface area contributed by atoms with Crippen molar-refractivity contribution < 1.29 is 19.1 Å². The second-order valence-corrected chi connectivity index (χ2v) is 5.75. The zero-order valence-electron chi connectivity index (χ0n) is 13.2. The molecular formula is C18H19NO4. The lowest BCUT2D eigenvalue weighted by Crippen LogP contribution is -2.40. The summed E-state index contributed by atoms with van der Waals surface area (Å²) in [6.07, 6.45) is 0. The van der Waals surface area contributed by atoms with Crippen LogP contribution in [0.2, 0.25) is 0 Å². The molecule has 23 heavy (non-hydrogen) atoms. The lowest BCUT2D eigenvalue weighted by atomic mass is 9.87. The maximum Gasteiger partial charge on any atom is 0.302 e. The van der Waals surface area contributed by atoms with E-state index in [4.69, 9.17) is 9.47 Å². The number of rotatable bonds is 3. The van der Waals surface area contributed by atoms with Crippen LogP contribution in [0.5, 0.6) is 5.75 Å². The van der Waals surface area contributed by atoms with Crippen molar-refractivity contribution in [1.82, 2.24) is 5.32 Å². The van der Waals surface area contributed by atoms with Crippen LogP contribution in [0.4, 0.5) is 0 Å². The van der Waals surface area contributed by atoms with Crippen LogP contribution in [0.15, 0.2) is 36.4 Å². The van der Waals surface area contributed by atoms with Gasteiger partial charge in [-0.15, -0.1) is 0 Å². The Kier molecular flexibility index (Phi) is 4.19. The van der Waals surface area contributed by atoms with Gasteiger partial charge in [0.1, 0.15) is 5.75 Å². The number of carbonyl (C=O) groups excluding carboxylic acids is 2. The number of hydrogen-bond acceptors (Lipinski definition) is 4. The first-order valence-corrected chi connectivity index (χ1v) is 7.61. The monoisotopic (exact) mass is 313 g/mol. The third-order valence-electron chi connectivity index (χ3n) is 4.03. The van der Waals surface area contributed by atoms with E-state index in [1.807, 2.05) is 36.4 Å². The van der Waals surface area contributed by atoms with Crippen LogP contribution in [0.25, 0.3) is 10.8 Å². The number of carbonyl (C=O) groups is 2. The second kappa shape index (κ2) is 6.28. The molecule has 3 rings (SSSR count). The Bertz CT molecular complexity index is 756. The van der Waals surface area contributed by atoms with Crippen molar-refractivity contribution in [3.05, 3.63) is 42.0 Å². The fourth-order valence-electron chi connectivity index (χ4n) is 3.03. The van der Waals surface area contributed by atoms with Gasteiger partial charge in [0.15, 0.2) is 0 Å². The summed E-state index contributed by atoms with van der Waals surface area (Å²) < 4.78 is 11.0. The SMILES string of the molecule is CC(=O)N[C@H]1c2c(ccc3ccccc23)OC[C@H]1COC(C)=O. The smallest absolute Gasteiger partial charge is 0.302 e. The van der Waals surface area contributed by atoms with Gasteiger partial charge < -0.3 is 14.8 Å². The first kappa shape index (κ1) is 15.3. The predicted molar refractivity (Wildman–Crippen MR) is 86.1 cm³/mol. The molecule has 0 bridgehead atoms. The highest BCUT2D eigenvalue weighted by atomic mass is 16.5. The number of amides is 1. The number of ether oxygens (including phenoxy) is 2. The zero-order valence-corrected chi connectivity index (χ0v) is 13.2. The highest BCUT2D eigenvalue weighted by molar-refractivity contribution is 5.89. The molecule has 2 atom stereocenters. The van der Waals surface area contributed by atoms with Crippen LogP contribution < -0.4 is 10.1 Å². The van der Waals surface area contributed by atoms with E-state index in [-0.39, 0.29) is 30.4 Å². The van der Waals surface area contributed by atoms with Crippen molar-refractivity contribution in [2.45, 2.75) is 19.9 Å². The van der Waals surface area contributed by atoms with E-state index in [2.05, 4.69) is 5.32 Å². The lowest BCUT2D eigenvalue weighted by molar-refractivity contribution is -0.143. The molecule has 5 heteroatoms. The molecular weight excluding hydrogens is 294 g/mol. The van der Waals surface area contributed by atoms with Crippen LogP contribution >= 0.6 is 0 Å². The standard InChI is InChI=1S/C18H19NO4/c1-11(20)19-18-14(9-22-12(2)21)10-23-16-8-7-13-5-3-4-6-15(13)17(16)18/h3-8,14,18H,9-10H2,1-2H3,(H,19,20)/t14-,18-/m1/s1. The fraction of sp³-hybridized carbons (Fsp3) is 0.333. The molecule has 0 fully saturated rings. The van der Waals surface area contributed by atoms with Gasteiger partial charge in [-0.2, -0.15) is 0 Å². The molecule has 2 aromatic rings. The third kappa shape index (κ3) is 3.13. The van der Waals surface area contributed by atoms with E-state index in [1.54, 1.807) is 0 Å². The first-order chi connectivity index (χ1) is 11.1. The molecule has 0 aromatic heterocycles. The summed E-state index contributed by atoms with van der Waals surface area (Å²) in [6, 6.07) is 11.7. The normalized spacial score (nSPS) is 19.6. The van der Waals surface area contributed by atoms with E-state index < -0.39 is 0 Å². The van der Waals surface area contributed by atoms with Gasteiger partial charge in [-0.05, 0) is 16.8 Å². The highest BCUT2D eigenvalue weighted by Crippen LogP contribution is 2.40. The van der Waals surface area contributed by atoms with Gasteiger partial charge in [0, 0.05) is 19.4 Å². The number of benzene rings is 2. The van der Waals surface area contributed by atoms with E-state index in [0.29, 0.717) is 6.61 Å². The van der Waals surface area contributed by atoms with Crippen molar-refractivity contribution >= 4 is 22.6 Å². The summed E-state index contributed by atoms with van der Waals surface area (Å²) in [6.45, 7) is 3.47. The van der Waals surface area contributed by atoms with Crippen LogP contribution in [0.1, 0.15) is 25.5 Å². The molecule has 0 saturated heterocycles. The molecule has 1 heterocycles. The third-order valence-corrected chi connectivity index (χ3v) is 4.03. The summed E-state index contributed by atoms with van der Waals surface area (Å²) in [5.41, 5.74) is 0.946. The molecule has 0 aliphatic carbocycles. The Balaban J connectivity index is 2.05. The van der Waals surface area contributed by atoms with E-state index in [1.165, 1.54) is 13.8 Å². The Morgan fingerprint density at radius 1 is 1.22 bits per heavy atom. The average molecular weight is 313 g/mol. The predicted octanol–water partition coefficient (Wildman–Crippen LogP) is 2.59. The van der Waals surface area contributed by atoms with Crippen LogP contribution in [-0.4, -0.2) is 25.1 Å². The summed E-state index contributed by atoms with van der Waals surface area (Å²) in [5, 5.41) is 5.11. The van der Waals surface area contributed by atoms with Gasteiger partial charge in [0.05, 0.1) is 25.2 Å². The maximum absolute atomic E-state index is 11.7. The minimum atomic E-state index is -0.338. The topological polar surface area (TPSA) is 64.6 Å². The van der Waals surface area contributed by atoms with Gasteiger partial charge in [0.25, 0.3) is 0 Å². The number of esters is 1. The van der Waals surface area contributed by atoms with E-state index in [9.17, 15) is 9.59 Å². The quantitative estimate of drug-likeness (QED) is 0.885. The summed E-state index contributed by atoms with van der Waals surface area (Å²) >= 11 is 0. The molecule has 1 aliphatic heterocycles. The van der Waals surface area contributed by atoms with Crippen LogP contribution in [0.3, 0.4) is 0 Å². The minimum Gasteiger partial charge on any atom is -0.493 e. The van der Waals surface area contributed by atoms with Gasteiger partial charge in [-0.3, -0.25) is 9.59 Å². The molecule has 120 valence electrons. The molecule has 0 saturated carbocycles. The zero-order chi connectivity index (χ0) is 16.4. The van der Waals surface area contributed by atoms with Crippen LogP contribution in [-0.2, 0) is 14.3 Å².